The molecular weight excluding hydrogens is 238 g/mol. The second-order valence-corrected chi connectivity index (χ2v) is 5.82. The fraction of sp³-hybridized carbons (Fsp3) is 0.600. The van der Waals surface area contributed by atoms with E-state index in [2.05, 4.69) is 31.1 Å². The largest absolute Gasteiger partial charge is 0.384 e. The average Bonchev–Trinajstić information content (AvgIpc) is 2.37. The first kappa shape index (κ1) is 15.5. The second-order valence-electron chi connectivity index (χ2n) is 5.82. The maximum Gasteiger partial charge on any atom is 0.272 e. The number of aromatic nitrogens is 1. The third-order valence-corrected chi connectivity index (χ3v) is 2.85. The molecule has 1 aromatic heterocycles. The van der Waals surface area contributed by atoms with Crippen LogP contribution in [0.3, 0.4) is 0 Å². The molecule has 0 saturated heterocycles. The molecule has 106 valence electrons. The summed E-state index contributed by atoms with van der Waals surface area (Å²) in [4.78, 5) is 18.1. The summed E-state index contributed by atoms with van der Waals surface area (Å²) >= 11 is 0. The van der Waals surface area contributed by atoms with Crippen molar-refractivity contribution in [2.45, 2.75) is 34.6 Å². The average molecular weight is 263 g/mol. The molecule has 0 aliphatic heterocycles. The zero-order valence-corrected chi connectivity index (χ0v) is 12.7. The van der Waals surface area contributed by atoms with Gasteiger partial charge in [-0.25, -0.2) is 0 Å². The number of amides is 1. The van der Waals surface area contributed by atoms with Crippen LogP contribution in [0.4, 0.5) is 5.69 Å². The summed E-state index contributed by atoms with van der Waals surface area (Å²) in [7, 11) is 0. The Morgan fingerprint density at radius 3 is 2.47 bits per heavy atom. The van der Waals surface area contributed by atoms with Crippen molar-refractivity contribution in [1.82, 2.24) is 9.88 Å². The first-order valence-corrected chi connectivity index (χ1v) is 6.86. The Kier molecular flexibility index (Phi) is 5.33. The lowest BCUT2D eigenvalue weighted by molar-refractivity contribution is 0.0767. The summed E-state index contributed by atoms with van der Waals surface area (Å²) in [6, 6.07) is 3.72. The van der Waals surface area contributed by atoms with Gasteiger partial charge in [0, 0.05) is 31.5 Å². The van der Waals surface area contributed by atoms with Gasteiger partial charge in [-0.2, -0.15) is 0 Å². The first-order chi connectivity index (χ1) is 8.87. The van der Waals surface area contributed by atoms with E-state index in [0.29, 0.717) is 18.8 Å². The number of rotatable bonds is 5. The molecule has 4 heteroatoms. The highest BCUT2D eigenvalue weighted by Gasteiger charge is 2.15. The lowest BCUT2D eigenvalue weighted by Gasteiger charge is -2.21. The summed E-state index contributed by atoms with van der Waals surface area (Å²) in [5, 5.41) is 3.34. The van der Waals surface area contributed by atoms with Gasteiger partial charge in [0.1, 0.15) is 5.69 Å². The van der Waals surface area contributed by atoms with E-state index in [-0.39, 0.29) is 11.3 Å². The quantitative estimate of drug-likeness (QED) is 0.888. The fourth-order valence-electron chi connectivity index (χ4n) is 1.70. The van der Waals surface area contributed by atoms with Gasteiger partial charge >= 0.3 is 0 Å². The van der Waals surface area contributed by atoms with E-state index in [1.54, 1.807) is 11.1 Å². The van der Waals surface area contributed by atoms with Crippen molar-refractivity contribution in [3.63, 3.8) is 0 Å². The van der Waals surface area contributed by atoms with E-state index >= 15 is 0 Å². The zero-order chi connectivity index (χ0) is 14.5. The SMILES string of the molecule is CCN(CC)C(=O)c1cc(NCC(C)(C)C)ccn1. The Bertz CT molecular complexity index is 420. The molecular formula is C15H25N3O. The number of nitrogens with one attached hydrogen (secondary N) is 1. The Morgan fingerprint density at radius 1 is 1.32 bits per heavy atom. The molecule has 1 N–H and O–H groups in total. The van der Waals surface area contributed by atoms with Crippen LogP contribution in [0.25, 0.3) is 0 Å². The molecule has 0 saturated carbocycles. The van der Waals surface area contributed by atoms with Gasteiger partial charge in [-0.3, -0.25) is 9.78 Å². The topological polar surface area (TPSA) is 45.2 Å². The molecule has 0 aliphatic rings. The third-order valence-electron chi connectivity index (χ3n) is 2.85. The van der Waals surface area contributed by atoms with Crippen LogP contribution in [0.2, 0.25) is 0 Å². The van der Waals surface area contributed by atoms with E-state index in [4.69, 9.17) is 0 Å². The molecule has 0 unspecified atom stereocenters. The van der Waals surface area contributed by atoms with Gasteiger partial charge in [0.25, 0.3) is 5.91 Å². The summed E-state index contributed by atoms with van der Waals surface area (Å²) in [6.45, 7) is 12.7. The number of pyridine rings is 1. The van der Waals surface area contributed by atoms with Crippen LogP contribution < -0.4 is 5.32 Å². The molecule has 0 aliphatic carbocycles. The van der Waals surface area contributed by atoms with E-state index in [1.165, 1.54) is 0 Å². The summed E-state index contributed by atoms with van der Waals surface area (Å²) < 4.78 is 0. The number of anilines is 1. The highest BCUT2D eigenvalue weighted by molar-refractivity contribution is 5.93. The summed E-state index contributed by atoms with van der Waals surface area (Å²) in [5.74, 6) is -0.00981. The predicted octanol–water partition coefficient (Wildman–Crippen LogP) is 3.02. The van der Waals surface area contributed by atoms with Gasteiger partial charge < -0.3 is 10.2 Å². The van der Waals surface area contributed by atoms with Crippen molar-refractivity contribution in [2.24, 2.45) is 5.41 Å². The van der Waals surface area contributed by atoms with E-state index in [9.17, 15) is 4.79 Å². The normalized spacial score (nSPS) is 11.2. The molecule has 4 nitrogen and oxygen atoms in total. The highest BCUT2D eigenvalue weighted by atomic mass is 16.2. The van der Waals surface area contributed by atoms with Crippen LogP contribution >= 0.6 is 0 Å². The molecule has 1 rings (SSSR count). The fourth-order valence-corrected chi connectivity index (χ4v) is 1.70. The van der Waals surface area contributed by atoms with Crippen molar-refractivity contribution in [2.75, 3.05) is 25.0 Å². The molecule has 19 heavy (non-hydrogen) atoms. The Balaban J connectivity index is 2.79. The molecule has 0 aromatic carbocycles. The van der Waals surface area contributed by atoms with Gasteiger partial charge in [0.15, 0.2) is 0 Å². The van der Waals surface area contributed by atoms with Gasteiger partial charge in [0.2, 0.25) is 0 Å². The van der Waals surface area contributed by atoms with Crippen LogP contribution in [-0.4, -0.2) is 35.4 Å². The van der Waals surface area contributed by atoms with E-state index < -0.39 is 0 Å². The van der Waals surface area contributed by atoms with E-state index in [0.717, 1.165) is 12.2 Å². The maximum atomic E-state index is 12.2. The Hall–Kier alpha value is -1.58. The van der Waals surface area contributed by atoms with Gasteiger partial charge in [-0.15, -0.1) is 0 Å². The van der Waals surface area contributed by atoms with E-state index in [1.807, 2.05) is 26.0 Å². The van der Waals surface area contributed by atoms with Crippen molar-refractivity contribution < 1.29 is 4.79 Å². The van der Waals surface area contributed by atoms with Gasteiger partial charge in [-0.05, 0) is 31.4 Å². The summed E-state index contributed by atoms with van der Waals surface area (Å²) in [5.41, 5.74) is 1.65. The number of hydrogen-bond acceptors (Lipinski definition) is 3. The van der Waals surface area contributed by atoms with Gasteiger partial charge in [-0.1, -0.05) is 20.8 Å². The number of carbonyl (C=O) groups is 1. The van der Waals surface area contributed by atoms with Crippen LogP contribution in [0, 0.1) is 5.41 Å². The maximum absolute atomic E-state index is 12.2. The summed E-state index contributed by atoms with van der Waals surface area (Å²) in [6.07, 6.45) is 1.68. The molecule has 0 atom stereocenters. The monoisotopic (exact) mass is 263 g/mol. The zero-order valence-electron chi connectivity index (χ0n) is 12.7. The van der Waals surface area contributed by atoms with Crippen molar-refractivity contribution >= 4 is 11.6 Å². The van der Waals surface area contributed by atoms with Crippen LogP contribution in [0.15, 0.2) is 18.3 Å². The Labute approximate surface area is 116 Å². The molecule has 0 bridgehead atoms. The second kappa shape index (κ2) is 6.55. The number of hydrogen-bond donors (Lipinski definition) is 1. The van der Waals surface area contributed by atoms with Crippen LogP contribution in [0.5, 0.6) is 0 Å². The molecule has 0 fully saturated rings. The van der Waals surface area contributed by atoms with Crippen LogP contribution in [-0.2, 0) is 0 Å². The minimum atomic E-state index is -0.00981. The van der Waals surface area contributed by atoms with Crippen molar-refractivity contribution in [3.05, 3.63) is 24.0 Å². The lowest BCUT2D eigenvalue weighted by Crippen LogP contribution is -2.31. The Morgan fingerprint density at radius 2 is 1.95 bits per heavy atom. The van der Waals surface area contributed by atoms with Gasteiger partial charge in [0.05, 0.1) is 0 Å². The predicted molar refractivity (Wildman–Crippen MR) is 79.4 cm³/mol. The molecule has 1 amide bonds. The number of carbonyl (C=O) groups excluding carboxylic acids is 1. The molecule has 1 heterocycles. The minimum Gasteiger partial charge on any atom is -0.384 e. The molecule has 1 aromatic rings. The molecule has 0 radical (unpaired) electrons. The smallest absolute Gasteiger partial charge is 0.272 e. The number of nitrogens with zero attached hydrogens (tertiary/aromatic N) is 2. The third kappa shape index (κ3) is 4.89. The standard InChI is InChI=1S/C15H25N3O/c1-6-18(7-2)14(19)13-10-12(8-9-16-13)17-11-15(3,4)5/h8-10H,6-7,11H2,1-5H3,(H,16,17). The van der Waals surface area contributed by atoms with Crippen molar-refractivity contribution in [3.8, 4) is 0 Å². The van der Waals surface area contributed by atoms with Crippen LogP contribution in [0.1, 0.15) is 45.1 Å². The minimum absolute atomic E-state index is 0.00981. The highest BCUT2D eigenvalue weighted by Crippen LogP contribution is 2.16. The van der Waals surface area contributed by atoms with Crippen molar-refractivity contribution in [1.29, 1.82) is 0 Å². The lowest BCUT2D eigenvalue weighted by atomic mass is 9.97. The first-order valence-electron chi connectivity index (χ1n) is 6.86. The molecule has 0 spiro atoms.